The van der Waals surface area contributed by atoms with Crippen LogP contribution >= 0.6 is 11.8 Å². The lowest BCUT2D eigenvalue weighted by Gasteiger charge is -2.13. The minimum Gasteiger partial charge on any atom is -0.507 e. The molecule has 1 amide bonds. The second-order valence-corrected chi connectivity index (χ2v) is 7.44. The van der Waals surface area contributed by atoms with Crippen molar-refractivity contribution in [3.8, 4) is 11.5 Å². The van der Waals surface area contributed by atoms with E-state index in [1.807, 2.05) is 0 Å². The molecule has 4 N–H and O–H groups in total. The molecule has 1 aliphatic rings. The number of thioether (sulfide) groups is 1. The van der Waals surface area contributed by atoms with Gasteiger partial charge in [-0.05, 0) is 54.1 Å². The molecule has 0 saturated carbocycles. The second-order valence-electron chi connectivity index (χ2n) is 6.41. The molecule has 1 heterocycles. The molecule has 1 saturated heterocycles. The molecule has 160 valence electrons. The number of carbonyl (C=O) groups is 3. The highest BCUT2D eigenvalue weighted by atomic mass is 32.2. The molecule has 0 spiro atoms. The van der Waals surface area contributed by atoms with Gasteiger partial charge >= 0.3 is 11.9 Å². The molecule has 1 unspecified atom stereocenters. The molecule has 3 rings (SSSR count). The number of rotatable bonds is 7. The first-order chi connectivity index (χ1) is 14.8. The average Bonchev–Trinajstić information content (AvgIpc) is 3.05. The van der Waals surface area contributed by atoms with E-state index in [1.165, 1.54) is 18.2 Å². The number of nitrogens with zero attached hydrogens (tertiary/aromatic N) is 1. The highest BCUT2D eigenvalue weighted by Crippen LogP contribution is 2.30. The van der Waals surface area contributed by atoms with E-state index < -0.39 is 23.8 Å². The summed E-state index contributed by atoms with van der Waals surface area (Å²) in [5.41, 5.74) is 0.753. The molecule has 2 aromatic rings. The summed E-state index contributed by atoms with van der Waals surface area (Å²) < 4.78 is 5.41. The Morgan fingerprint density at radius 1 is 1.19 bits per heavy atom. The van der Waals surface area contributed by atoms with Gasteiger partial charge in [-0.2, -0.15) is 0 Å². The fourth-order valence-electron chi connectivity index (χ4n) is 2.63. The summed E-state index contributed by atoms with van der Waals surface area (Å²) in [6.07, 6.45) is 1.05. The Labute approximate surface area is 181 Å². The van der Waals surface area contributed by atoms with E-state index in [0.717, 1.165) is 11.8 Å². The summed E-state index contributed by atoms with van der Waals surface area (Å²) in [5.74, 6) is -2.66. The number of nitrogens with one attached hydrogen (secondary N) is 1. The Kier molecular flexibility index (Phi) is 6.61. The minimum absolute atomic E-state index is 0.242. The van der Waals surface area contributed by atoms with Crippen molar-refractivity contribution in [3.05, 3.63) is 58.5 Å². The Morgan fingerprint density at radius 2 is 1.90 bits per heavy atom. The molecule has 10 heteroatoms. The van der Waals surface area contributed by atoms with Crippen LogP contribution in [0.25, 0.3) is 6.08 Å². The van der Waals surface area contributed by atoms with Crippen molar-refractivity contribution in [2.45, 2.75) is 19.4 Å². The number of carboxylic acids is 2. The lowest BCUT2D eigenvalue weighted by Crippen LogP contribution is -2.25. The smallest absolute Gasteiger partial charge is 0.344 e. The van der Waals surface area contributed by atoms with Gasteiger partial charge in [-0.3, -0.25) is 4.79 Å². The summed E-state index contributed by atoms with van der Waals surface area (Å²) in [6, 6.07) is 10.5. The first-order valence-electron chi connectivity index (χ1n) is 9.12. The topological polar surface area (TPSA) is 146 Å². The quantitative estimate of drug-likeness (QED) is 0.478. The van der Waals surface area contributed by atoms with Crippen LogP contribution < -0.4 is 10.1 Å². The Morgan fingerprint density at radius 3 is 2.48 bits per heavy atom. The van der Waals surface area contributed by atoms with Gasteiger partial charge in [0.1, 0.15) is 17.1 Å². The first-order valence-corrected chi connectivity index (χ1v) is 9.94. The van der Waals surface area contributed by atoms with Crippen LogP contribution in [0.5, 0.6) is 11.5 Å². The SMILES string of the molecule is CCC(Oc1ccc(/C=C2\SC(=Nc3ccc(C(=O)O)c(O)c3)NC2=O)cc1)C(=O)O. The van der Waals surface area contributed by atoms with Gasteiger partial charge in [0.2, 0.25) is 0 Å². The van der Waals surface area contributed by atoms with Crippen molar-refractivity contribution in [1.82, 2.24) is 5.32 Å². The Balaban J connectivity index is 1.72. The van der Waals surface area contributed by atoms with Crippen LogP contribution in [0.2, 0.25) is 0 Å². The number of ether oxygens (including phenoxy) is 1. The molecule has 31 heavy (non-hydrogen) atoms. The van der Waals surface area contributed by atoms with Crippen molar-refractivity contribution in [1.29, 1.82) is 0 Å². The molecule has 0 aromatic heterocycles. The standard InChI is InChI=1S/C21H18N2O7S/c1-2-16(20(28)29)30-13-6-3-11(4-7-13)9-17-18(25)23-21(31-17)22-12-5-8-14(19(26)27)15(24)10-12/h3-10,16,24H,2H2,1H3,(H,26,27)(H,28,29)(H,22,23,25)/b17-9-. The number of carboxylic acid groups (broad SMARTS) is 2. The van der Waals surface area contributed by atoms with E-state index in [9.17, 15) is 19.5 Å². The number of aliphatic carboxylic acids is 1. The molecule has 2 aromatic carbocycles. The highest BCUT2D eigenvalue weighted by molar-refractivity contribution is 8.18. The summed E-state index contributed by atoms with van der Waals surface area (Å²) >= 11 is 1.09. The number of phenols is 1. The van der Waals surface area contributed by atoms with Crippen LogP contribution in [0.4, 0.5) is 5.69 Å². The van der Waals surface area contributed by atoms with E-state index in [-0.39, 0.29) is 22.3 Å². The van der Waals surface area contributed by atoms with Crippen molar-refractivity contribution in [3.63, 3.8) is 0 Å². The maximum atomic E-state index is 12.2. The molecule has 0 bridgehead atoms. The number of amides is 1. The molecular formula is C21H18N2O7S. The van der Waals surface area contributed by atoms with Crippen LogP contribution in [0.3, 0.4) is 0 Å². The van der Waals surface area contributed by atoms with E-state index in [2.05, 4.69) is 10.3 Å². The number of aliphatic imine (C=N–C) groups is 1. The van der Waals surface area contributed by atoms with Gasteiger partial charge in [0.25, 0.3) is 5.91 Å². The molecule has 1 fully saturated rings. The lowest BCUT2D eigenvalue weighted by molar-refractivity contribution is -0.145. The zero-order valence-electron chi connectivity index (χ0n) is 16.2. The number of hydrogen-bond donors (Lipinski definition) is 4. The van der Waals surface area contributed by atoms with Crippen LogP contribution in [-0.2, 0) is 9.59 Å². The third-order valence-electron chi connectivity index (χ3n) is 4.20. The summed E-state index contributed by atoms with van der Waals surface area (Å²) in [4.78, 5) is 38.8. The third kappa shape index (κ3) is 5.43. The zero-order valence-corrected chi connectivity index (χ0v) is 17.0. The van der Waals surface area contributed by atoms with Gasteiger partial charge in [-0.25, -0.2) is 14.6 Å². The highest BCUT2D eigenvalue weighted by Gasteiger charge is 2.24. The largest absolute Gasteiger partial charge is 0.507 e. The molecule has 1 atom stereocenters. The summed E-state index contributed by atoms with van der Waals surface area (Å²) in [5, 5.41) is 30.7. The van der Waals surface area contributed by atoms with E-state index >= 15 is 0 Å². The summed E-state index contributed by atoms with van der Waals surface area (Å²) in [6.45, 7) is 1.72. The monoisotopic (exact) mass is 442 g/mol. The maximum absolute atomic E-state index is 12.2. The van der Waals surface area contributed by atoms with Crippen LogP contribution in [0.15, 0.2) is 52.4 Å². The number of amidine groups is 1. The molecule has 0 aliphatic carbocycles. The van der Waals surface area contributed by atoms with Crippen molar-refractivity contribution in [2.24, 2.45) is 4.99 Å². The van der Waals surface area contributed by atoms with Crippen molar-refractivity contribution < 1.29 is 34.4 Å². The number of hydrogen-bond acceptors (Lipinski definition) is 7. The van der Waals surface area contributed by atoms with Crippen molar-refractivity contribution in [2.75, 3.05) is 0 Å². The minimum atomic E-state index is -1.25. The second kappa shape index (κ2) is 9.35. The van der Waals surface area contributed by atoms with E-state index in [0.29, 0.717) is 22.6 Å². The van der Waals surface area contributed by atoms with Gasteiger partial charge in [-0.15, -0.1) is 0 Å². The van der Waals surface area contributed by atoms with E-state index in [1.54, 1.807) is 37.3 Å². The molecule has 9 nitrogen and oxygen atoms in total. The number of aromatic carboxylic acids is 1. The van der Waals surface area contributed by atoms with Crippen LogP contribution in [-0.4, -0.2) is 44.4 Å². The number of benzene rings is 2. The predicted octanol–water partition coefficient (Wildman–Crippen LogP) is 3.22. The Bertz CT molecular complexity index is 1090. The van der Waals surface area contributed by atoms with E-state index in [4.69, 9.17) is 14.9 Å². The first kappa shape index (κ1) is 21.9. The number of carbonyl (C=O) groups excluding carboxylic acids is 1. The van der Waals surface area contributed by atoms with Crippen molar-refractivity contribution >= 4 is 46.5 Å². The molecule has 0 radical (unpaired) electrons. The molecule has 1 aliphatic heterocycles. The summed E-state index contributed by atoms with van der Waals surface area (Å²) in [7, 11) is 0. The fraction of sp³-hybridized carbons (Fsp3) is 0.143. The fourth-order valence-corrected chi connectivity index (χ4v) is 3.48. The number of aromatic hydroxyl groups is 1. The molecular weight excluding hydrogens is 424 g/mol. The third-order valence-corrected chi connectivity index (χ3v) is 5.11. The van der Waals surface area contributed by atoms with Gasteiger partial charge in [-0.1, -0.05) is 19.1 Å². The zero-order chi connectivity index (χ0) is 22.5. The van der Waals surface area contributed by atoms with Gasteiger partial charge in [0.15, 0.2) is 11.3 Å². The maximum Gasteiger partial charge on any atom is 0.344 e. The van der Waals surface area contributed by atoms with Gasteiger partial charge in [0.05, 0.1) is 10.6 Å². The van der Waals surface area contributed by atoms with Gasteiger partial charge in [0, 0.05) is 6.07 Å². The normalized spacial score (nSPS) is 16.9. The Hall–Kier alpha value is -3.79. The average molecular weight is 442 g/mol. The van der Waals surface area contributed by atoms with Gasteiger partial charge < -0.3 is 25.4 Å². The predicted molar refractivity (Wildman–Crippen MR) is 115 cm³/mol. The van der Waals surface area contributed by atoms with Crippen LogP contribution in [0, 0.1) is 0 Å². The van der Waals surface area contributed by atoms with Crippen LogP contribution in [0.1, 0.15) is 29.3 Å². The lowest BCUT2D eigenvalue weighted by atomic mass is 10.2.